The van der Waals surface area contributed by atoms with Crippen molar-refractivity contribution in [2.75, 3.05) is 13.2 Å². The zero-order valence-corrected chi connectivity index (χ0v) is 10.4. The number of halogens is 2. The molecule has 0 aliphatic carbocycles. The Labute approximate surface area is 113 Å². The molecule has 3 rings (SSSR count). The minimum absolute atomic E-state index is 0.0160. The molecule has 2 aliphatic rings. The molecule has 1 aromatic rings. The molecule has 1 fully saturated rings. The highest BCUT2D eigenvalue weighted by Gasteiger charge is 2.28. The number of carbonyl (C=O) groups is 1. The molecule has 6 nitrogen and oxygen atoms in total. The van der Waals surface area contributed by atoms with E-state index in [-0.39, 0.29) is 12.1 Å². The summed E-state index contributed by atoms with van der Waals surface area (Å²) in [7, 11) is 0. The first-order valence-electron chi connectivity index (χ1n) is 6.02. The smallest absolute Gasteiger partial charge is 0.415 e. The first-order chi connectivity index (χ1) is 9.65. The Morgan fingerprint density at radius 1 is 1.30 bits per heavy atom. The fourth-order valence-electron chi connectivity index (χ4n) is 2.03. The van der Waals surface area contributed by atoms with Gasteiger partial charge < -0.3 is 4.74 Å². The first kappa shape index (κ1) is 12.7. The van der Waals surface area contributed by atoms with Crippen molar-refractivity contribution in [1.29, 1.82) is 0 Å². The van der Waals surface area contributed by atoms with Crippen LogP contribution in [0.15, 0.2) is 30.2 Å². The number of hydrogen-bond donors (Lipinski definition) is 2. The predicted octanol–water partition coefficient (Wildman–Crippen LogP) is 1.04. The van der Waals surface area contributed by atoms with Crippen LogP contribution < -0.4 is 11.0 Å². The van der Waals surface area contributed by atoms with E-state index in [0.717, 1.165) is 0 Å². The summed E-state index contributed by atoms with van der Waals surface area (Å²) in [5, 5.41) is 1.45. The number of amides is 1. The number of nitrogens with zero attached hydrogens (tertiary/aromatic N) is 2. The van der Waals surface area contributed by atoms with Crippen molar-refractivity contribution < 1.29 is 18.3 Å². The van der Waals surface area contributed by atoms with Crippen LogP contribution in [0, 0.1) is 11.6 Å². The molecule has 2 aliphatic heterocycles. The van der Waals surface area contributed by atoms with E-state index in [1.54, 1.807) is 6.20 Å². The molecule has 0 radical (unpaired) electrons. The summed E-state index contributed by atoms with van der Waals surface area (Å²) in [4.78, 5) is 12.8. The van der Waals surface area contributed by atoms with E-state index in [4.69, 9.17) is 4.74 Å². The topological polar surface area (TPSA) is 56.8 Å². The fraction of sp³-hybridized carbons (Fsp3) is 0.250. The molecular formula is C12H12F2N4O2. The Bertz CT molecular complexity index is 558. The third-order valence-corrected chi connectivity index (χ3v) is 3.05. The van der Waals surface area contributed by atoms with E-state index >= 15 is 0 Å². The number of hydrogen-bond acceptors (Lipinski definition) is 5. The third kappa shape index (κ3) is 2.25. The minimum atomic E-state index is -0.616. The van der Waals surface area contributed by atoms with E-state index in [0.29, 0.717) is 19.0 Å². The van der Waals surface area contributed by atoms with Gasteiger partial charge in [-0.1, -0.05) is 6.07 Å². The average molecular weight is 282 g/mol. The van der Waals surface area contributed by atoms with E-state index in [9.17, 15) is 13.6 Å². The highest BCUT2D eigenvalue weighted by molar-refractivity contribution is 5.71. The standard InChI is InChI=1S/C12H12F2N4O2/c13-9-2-1-3-10(14)8(9)6-17-7-11(15-16-17)18-4-5-20-12(18)19/h1-3,7,15-16H,4-6H2. The zero-order valence-electron chi connectivity index (χ0n) is 10.4. The van der Waals surface area contributed by atoms with Gasteiger partial charge in [-0.15, -0.1) is 5.53 Å². The van der Waals surface area contributed by atoms with Crippen molar-refractivity contribution in [2.45, 2.75) is 6.54 Å². The van der Waals surface area contributed by atoms with Crippen LogP contribution >= 0.6 is 0 Å². The van der Waals surface area contributed by atoms with Crippen molar-refractivity contribution in [3.8, 4) is 0 Å². The van der Waals surface area contributed by atoms with Crippen LogP contribution in [-0.4, -0.2) is 29.2 Å². The summed E-state index contributed by atoms with van der Waals surface area (Å²) in [6.45, 7) is 0.735. The lowest BCUT2D eigenvalue weighted by atomic mass is 10.2. The number of benzene rings is 1. The molecule has 1 amide bonds. The molecule has 0 saturated carbocycles. The van der Waals surface area contributed by atoms with E-state index in [1.165, 1.54) is 28.1 Å². The molecule has 1 aromatic carbocycles. The van der Waals surface area contributed by atoms with Crippen molar-refractivity contribution in [3.63, 3.8) is 0 Å². The zero-order chi connectivity index (χ0) is 14.1. The minimum Gasteiger partial charge on any atom is -0.447 e. The van der Waals surface area contributed by atoms with Crippen LogP contribution in [0.1, 0.15) is 5.56 Å². The van der Waals surface area contributed by atoms with Crippen molar-refractivity contribution >= 4 is 6.09 Å². The van der Waals surface area contributed by atoms with Crippen LogP contribution in [0.5, 0.6) is 0 Å². The maximum atomic E-state index is 13.5. The second-order valence-corrected chi connectivity index (χ2v) is 4.35. The summed E-state index contributed by atoms with van der Waals surface area (Å²) in [6, 6.07) is 3.71. The van der Waals surface area contributed by atoms with Gasteiger partial charge in [0.2, 0.25) is 0 Å². The van der Waals surface area contributed by atoms with Crippen molar-refractivity contribution in [1.82, 2.24) is 20.9 Å². The Balaban J connectivity index is 1.74. The molecule has 0 aromatic heterocycles. The van der Waals surface area contributed by atoms with Crippen LogP contribution in [-0.2, 0) is 11.3 Å². The second-order valence-electron chi connectivity index (χ2n) is 4.35. The second kappa shape index (κ2) is 4.97. The van der Waals surface area contributed by atoms with Gasteiger partial charge in [0.1, 0.15) is 24.1 Å². The highest BCUT2D eigenvalue weighted by atomic mass is 19.1. The van der Waals surface area contributed by atoms with E-state index < -0.39 is 17.7 Å². The Morgan fingerprint density at radius 3 is 2.70 bits per heavy atom. The third-order valence-electron chi connectivity index (χ3n) is 3.05. The van der Waals surface area contributed by atoms with Gasteiger partial charge in [0, 0.05) is 5.56 Å². The number of ether oxygens (including phenoxy) is 1. The number of cyclic esters (lactones) is 1. The lowest BCUT2D eigenvalue weighted by Crippen LogP contribution is -2.39. The van der Waals surface area contributed by atoms with Gasteiger partial charge in [-0.2, -0.15) is 0 Å². The Kier molecular flexibility index (Phi) is 3.15. The lowest BCUT2D eigenvalue weighted by Gasteiger charge is -2.15. The van der Waals surface area contributed by atoms with Crippen molar-refractivity contribution in [3.05, 3.63) is 47.4 Å². The molecule has 2 heterocycles. The Morgan fingerprint density at radius 2 is 2.05 bits per heavy atom. The molecule has 0 atom stereocenters. The SMILES string of the molecule is O=C1OCCN1C1=CN(Cc2c(F)cccc2F)NN1. The van der Waals surface area contributed by atoms with Gasteiger partial charge in [-0.25, -0.2) is 13.6 Å². The Hall–Kier alpha value is -2.35. The molecule has 0 unspecified atom stereocenters. The molecule has 0 bridgehead atoms. The number of carbonyl (C=O) groups excluding carboxylic acids is 1. The maximum absolute atomic E-state index is 13.5. The van der Waals surface area contributed by atoms with Gasteiger partial charge in [-0.05, 0) is 12.1 Å². The van der Waals surface area contributed by atoms with Gasteiger partial charge in [0.25, 0.3) is 0 Å². The summed E-state index contributed by atoms with van der Waals surface area (Å²) in [5.41, 5.74) is 5.42. The average Bonchev–Trinajstić information content (AvgIpc) is 3.02. The van der Waals surface area contributed by atoms with Crippen LogP contribution in [0.2, 0.25) is 0 Å². The predicted molar refractivity (Wildman–Crippen MR) is 64.3 cm³/mol. The van der Waals surface area contributed by atoms with E-state index in [1.807, 2.05) is 0 Å². The number of nitrogens with one attached hydrogen (secondary N) is 2. The van der Waals surface area contributed by atoms with Gasteiger partial charge in [0.15, 0.2) is 0 Å². The monoisotopic (exact) mass is 282 g/mol. The molecule has 1 saturated heterocycles. The molecular weight excluding hydrogens is 270 g/mol. The maximum Gasteiger partial charge on any atom is 0.415 e. The summed E-state index contributed by atoms with van der Waals surface area (Å²) in [6.07, 6.45) is 1.10. The fourth-order valence-corrected chi connectivity index (χ4v) is 2.03. The van der Waals surface area contributed by atoms with Gasteiger partial charge in [-0.3, -0.25) is 15.3 Å². The molecule has 0 spiro atoms. The van der Waals surface area contributed by atoms with Crippen LogP contribution in [0.25, 0.3) is 0 Å². The summed E-state index contributed by atoms with van der Waals surface area (Å²) >= 11 is 0. The van der Waals surface area contributed by atoms with Gasteiger partial charge in [0.05, 0.1) is 19.3 Å². The van der Waals surface area contributed by atoms with Crippen LogP contribution in [0.3, 0.4) is 0 Å². The summed E-state index contributed by atoms with van der Waals surface area (Å²) < 4.78 is 31.9. The molecule has 8 heteroatoms. The molecule has 2 N–H and O–H groups in total. The van der Waals surface area contributed by atoms with Crippen LogP contribution in [0.4, 0.5) is 13.6 Å². The van der Waals surface area contributed by atoms with Crippen molar-refractivity contribution in [2.24, 2.45) is 0 Å². The van der Waals surface area contributed by atoms with Gasteiger partial charge >= 0.3 is 6.09 Å². The quantitative estimate of drug-likeness (QED) is 0.867. The number of rotatable bonds is 3. The molecule has 106 valence electrons. The normalized spacial score (nSPS) is 18.1. The largest absolute Gasteiger partial charge is 0.447 e. The number of hydrazine groups is 2. The first-order valence-corrected chi connectivity index (χ1v) is 6.02. The highest BCUT2D eigenvalue weighted by Crippen LogP contribution is 2.17. The van der Waals surface area contributed by atoms with E-state index in [2.05, 4.69) is 11.0 Å². The molecule has 20 heavy (non-hydrogen) atoms. The lowest BCUT2D eigenvalue weighted by molar-refractivity contribution is 0.162. The summed E-state index contributed by atoms with van der Waals surface area (Å²) in [5.74, 6) is -0.757.